The molecule has 0 saturated heterocycles. The quantitative estimate of drug-likeness (QED) is 0.698. The van der Waals surface area contributed by atoms with Crippen molar-refractivity contribution in [2.24, 2.45) is 0 Å². The van der Waals surface area contributed by atoms with Crippen molar-refractivity contribution in [2.75, 3.05) is 5.73 Å². The molecule has 0 aliphatic rings. The van der Waals surface area contributed by atoms with Crippen LogP contribution in [0.5, 0.6) is 0 Å². The van der Waals surface area contributed by atoms with Crippen LogP contribution in [0.2, 0.25) is 0 Å². The molecule has 3 aromatic rings. The molecule has 0 fully saturated rings. The number of rotatable bonds is 2. The Morgan fingerprint density at radius 1 is 1.00 bits per heavy atom. The van der Waals surface area contributed by atoms with Crippen LogP contribution in [0.25, 0.3) is 10.9 Å². The summed E-state index contributed by atoms with van der Waals surface area (Å²) >= 11 is 1.76. The number of nitrogen functional groups attached to an aromatic ring is 1. The maximum atomic E-state index is 5.91. The second-order valence-electron chi connectivity index (χ2n) is 4.96. The fraction of sp³-hybridized carbons (Fsp3) is 0.118. The van der Waals surface area contributed by atoms with E-state index in [1.54, 1.807) is 11.8 Å². The predicted molar refractivity (Wildman–Crippen MR) is 86.2 cm³/mol. The predicted octanol–water partition coefficient (Wildman–Crippen LogP) is 4.59. The maximum absolute atomic E-state index is 5.91. The molecule has 0 amide bonds. The zero-order valence-electron chi connectivity index (χ0n) is 11.6. The van der Waals surface area contributed by atoms with E-state index in [0.29, 0.717) is 0 Å². The summed E-state index contributed by atoms with van der Waals surface area (Å²) in [5, 5.41) is 1.11. The van der Waals surface area contributed by atoms with Gasteiger partial charge in [0.15, 0.2) is 0 Å². The second-order valence-corrected chi connectivity index (χ2v) is 6.07. The van der Waals surface area contributed by atoms with Gasteiger partial charge in [0.2, 0.25) is 0 Å². The van der Waals surface area contributed by atoms with Crippen LogP contribution in [0.1, 0.15) is 11.3 Å². The van der Waals surface area contributed by atoms with Gasteiger partial charge >= 0.3 is 0 Å². The minimum absolute atomic E-state index is 0.772. The van der Waals surface area contributed by atoms with Crippen LogP contribution < -0.4 is 5.73 Å². The van der Waals surface area contributed by atoms with Gasteiger partial charge in [-0.25, -0.2) is 0 Å². The highest BCUT2D eigenvalue weighted by atomic mass is 32.2. The van der Waals surface area contributed by atoms with Crippen molar-refractivity contribution in [2.45, 2.75) is 23.6 Å². The van der Waals surface area contributed by atoms with E-state index in [0.717, 1.165) is 22.3 Å². The maximum Gasteiger partial charge on any atom is 0.0718 e. The van der Waals surface area contributed by atoms with Crippen molar-refractivity contribution < 1.29 is 0 Å². The standard InChI is InChI=1S/C17H16N2S/c1-11-4-3-5-14(8-11)20-17-9-12(2)19-16-7-6-13(18)10-15(16)17/h3-10H,18H2,1-2H3. The van der Waals surface area contributed by atoms with Crippen LogP contribution in [0.4, 0.5) is 5.69 Å². The number of aryl methyl sites for hydroxylation is 2. The number of anilines is 1. The van der Waals surface area contributed by atoms with Gasteiger partial charge in [0.05, 0.1) is 5.52 Å². The number of benzene rings is 2. The van der Waals surface area contributed by atoms with E-state index in [-0.39, 0.29) is 0 Å². The third kappa shape index (κ3) is 2.63. The molecule has 3 rings (SSSR count). The first-order valence-electron chi connectivity index (χ1n) is 6.53. The van der Waals surface area contributed by atoms with E-state index in [1.807, 2.05) is 25.1 Å². The number of nitrogens with two attached hydrogens (primary N) is 1. The van der Waals surface area contributed by atoms with E-state index >= 15 is 0 Å². The van der Waals surface area contributed by atoms with E-state index in [1.165, 1.54) is 15.4 Å². The van der Waals surface area contributed by atoms with Crippen molar-refractivity contribution in [3.8, 4) is 0 Å². The molecular weight excluding hydrogens is 264 g/mol. The van der Waals surface area contributed by atoms with E-state index in [9.17, 15) is 0 Å². The van der Waals surface area contributed by atoms with E-state index < -0.39 is 0 Å². The minimum Gasteiger partial charge on any atom is -0.399 e. The van der Waals surface area contributed by atoms with Crippen LogP contribution in [-0.4, -0.2) is 4.98 Å². The summed E-state index contributed by atoms with van der Waals surface area (Å²) in [5.41, 5.74) is 9.97. The Balaban J connectivity index is 2.12. The summed E-state index contributed by atoms with van der Waals surface area (Å²) in [6.07, 6.45) is 0. The Hall–Kier alpha value is -2.00. The van der Waals surface area contributed by atoms with Gasteiger partial charge in [-0.2, -0.15) is 0 Å². The first kappa shape index (κ1) is 13.0. The van der Waals surface area contributed by atoms with Gasteiger partial charge in [-0.05, 0) is 50.2 Å². The Bertz CT molecular complexity index is 781. The molecule has 1 aromatic heterocycles. The highest BCUT2D eigenvalue weighted by Crippen LogP contribution is 2.34. The van der Waals surface area contributed by atoms with Crippen molar-refractivity contribution >= 4 is 28.4 Å². The normalized spacial score (nSPS) is 10.9. The lowest BCUT2D eigenvalue weighted by molar-refractivity contribution is 1.22. The summed E-state index contributed by atoms with van der Waals surface area (Å²) in [5.74, 6) is 0. The average Bonchev–Trinajstić information content (AvgIpc) is 2.39. The van der Waals surface area contributed by atoms with Gasteiger partial charge in [0.1, 0.15) is 0 Å². The van der Waals surface area contributed by atoms with Gasteiger partial charge in [0.25, 0.3) is 0 Å². The number of nitrogens with zero attached hydrogens (tertiary/aromatic N) is 1. The number of aromatic nitrogens is 1. The molecule has 0 atom stereocenters. The molecule has 0 radical (unpaired) electrons. The van der Waals surface area contributed by atoms with Crippen molar-refractivity contribution in [3.05, 3.63) is 59.8 Å². The highest BCUT2D eigenvalue weighted by molar-refractivity contribution is 7.99. The zero-order chi connectivity index (χ0) is 14.1. The molecule has 100 valence electrons. The smallest absolute Gasteiger partial charge is 0.0718 e. The second kappa shape index (κ2) is 5.17. The summed E-state index contributed by atoms with van der Waals surface area (Å²) in [7, 11) is 0. The molecule has 0 saturated carbocycles. The van der Waals surface area contributed by atoms with Gasteiger partial charge in [-0.15, -0.1) is 0 Å². The fourth-order valence-corrected chi connectivity index (χ4v) is 3.38. The molecule has 0 aliphatic carbocycles. The summed E-state index contributed by atoms with van der Waals surface area (Å²) in [6.45, 7) is 4.13. The lowest BCUT2D eigenvalue weighted by Gasteiger charge is -2.09. The van der Waals surface area contributed by atoms with Crippen LogP contribution in [-0.2, 0) is 0 Å². The topological polar surface area (TPSA) is 38.9 Å². The monoisotopic (exact) mass is 280 g/mol. The minimum atomic E-state index is 0.772. The van der Waals surface area contributed by atoms with Crippen molar-refractivity contribution in [3.63, 3.8) is 0 Å². The first-order chi connectivity index (χ1) is 9.61. The summed E-state index contributed by atoms with van der Waals surface area (Å²) in [6, 6.07) is 16.5. The third-order valence-electron chi connectivity index (χ3n) is 3.14. The Labute approximate surface area is 123 Å². The SMILES string of the molecule is Cc1cccc(Sc2cc(C)nc3ccc(N)cc23)c1. The van der Waals surface area contributed by atoms with Crippen molar-refractivity contribution in [1.82, 2.24) is 4.98 Å². The van der Waals surface area contributed by atoms with Crippen LogP contribution in [0.15, 0.2) is 58.3 Å². The molecular formula is C17H16N2S. The van der Waals surface area contributed by atoms with Crippen LogP contribution in [0.3, 0.4) is 0 Å². The van der Waals surface area contributed by atoms with Crippen molar-refractivity contribution in [1.29, 1.82) is 0 Å². The third-order valence-corrected chi connectivity index (χ3v) is 4.19. The van der Waals surface area contributed by atoms with E-state index in [2.05, 4.69) is 42.2 Å². The average molecular weight is 280 g/mol. The molecule has 0 bridgehead atoms. The molecule has 0 spiro atoms. The molecule has 0 unspecified atom stereocenters. The molecule has 2 N–H and O–H groups in total. The Morgan fingerprint density at radius 2 is 1.85 bits per heavy atom. The van der Waals surface area contributed by atoms with Gasteiger partial charge < -0.3 is 5.73 Å². The van der Waals surface area contributed by atoms with Crippen LogP contribution >= 0.6 is 11.8 Å². The Morgan fingerprint density at radius 3 is 2.65 bits per heavy atom. The molecule has 0 aliphatic heterocycles. The van der Waals surface area contributed by atoms with E-state index in [4.69, 9.17) is 5.73 Å². The molecule has 1 heterocycles. The van der Waals surface area contributed by atoms with Crippen LogP contribution in [0, 0.1) is 13.8 Å². The fourth-order valence-electron chi connectivity index (χ4n) is 2.23. The summed E-state index contributed by atoms with van der Waals surface area (Å²) in [4.78, 5) is 7.00. The largest absolute Gasteiger partial charge is 0.399 e. The lowest BCUT2D eigenvalue weighted by atomic mass is 10.2. The molecule has 3 heteroatoms. The Kier molecular flexibility index (Phi) is 3.36. The number of fused-ring (bicyclic) bond motifs is 1. The van der Waals surface area contributed by atoms with Gasteiger partial charge in [0, 0.05) is 26.6 Å². The molecule has 20 heavy (non-hydrogen) atoms. The summed E-state index contributed by atoms with van der Waals surface area (Å²) < 4.78 is 0. The highest BCUT2D eigenvalue weighted by Gasteiger charge is 2.06. The number of hydrogen-bond acceptors (Lipinski definition) is 3. The molecule has 2 aromatic carbocycles. The zero-order valence-corrected chi connectivity index (χ0v) is 12.4. The number of hydrogen-bond donors (Lipinski definition) is 1. The lowest BCUT2D eigenvalue weighted by Crippen LogP contribution is -1.90. The van der Waals surface area contributed by atoms with Gasteiger partial charge in [-0.3, -0.25) is 4.98 Å². The van der Waals surface area contributed by atoms with Gasteiger partial charge in [-0.1, -0.05) is 29.5 Å². The molecule has 2 nitrogen and oxygen atoms in total. The number of pyridine rings is 1. The first-order valence-corrected chi connectivity index (χ1v) is 7.35.